The van der Waals surface area contributed by atoms with Gasteiger partial charge < -0.3 is 4.42 Å². The van der Waals surface area contributed by atoms with E-state index in [1.165, 1.54) is 10.9 Å². The summed E-state index contributed by atoms with van der Waals surface area (Å²) in [5, 5.41) is 1.21. The average Bonchev–Trinajstić information content (AvgIpc) is 2.65. The van der Waals surface area contributed by atoms with E-state index in [4.69, 9.17) is 4.42 Å². The fraction of sp³-hybridized carbons (Fsp3) is 0.385. The van der Waals surface area contributed by atoms with Gasteiger partial charge in [0.25, 0.3) is 0 Å². The number of aryl methyl sites for hydroxylation is 2. The van der Waals surface area contributed by atoms with Crippen LogP contribution in [0.3, 0.4) is 0 Å². The van der Waals surface area contributed by atoms with Crippen LogP contribution in [-0.4, -0.2) is 0 Å². The maximum atomic E-state index is 5.65. The minimum absolute atomic E-state index is 0.966. The van der Waals surface area contributed by atoms with Crippen molar-refractivity contribution >= 4 is 11.0 Å². The summed E-state index contributed by atoms with van der Waals surface area (Å²) in [6.07, 6.45) is 0.966. The third-order valence-corrected chi connectivity index (χ3v) is 2.14. The molecule has 1 aromatic heterocycles. The van der Waals surface area contributed by atoms with E-state index in [0.29, 0.717) is 0 Å². The molecule has 1 heteroatoms. The largest absolute Gasteiger partial charge is 0.461 e. The molecule has 0 fully saturated rings. The molecule has 1 aromatic carbocycles. The van der Waals surface area contributed by atoms with Gasteiger partial charge in [-0.3, -0.25) is 0 Å². The number of furan rings is 1. The van der Waals surface area contributed by atoms with Crippen LogP contribution in [0.2, 0.25) is 0 Å². The maximum Gasteiger partial charge on any atom is 0.137 e. The highest BCUT2D eigenvalue weighted by Gasteiger charge is 2.02. The van der Waals surface area contributed by atoms with Gasteiger partial charge in [0.05, 0.1) is 0 Å². The number of para-hydroxylation sites is 1. The molecule has 0 aliphatic carbocycles. The van der Waals surface area contributed by atoms with Gasteiger partial charge in [0.1, 0.15) is 11.3 Å². The SMILES string of the molecule is CC.CCc1cc2cccc(C)c2o1. The highest BCUT2D eigenvalue weighted by Crippen LogP contribution is 2.22. The lowest BCUT2D eigenvalue weighted by Crippen LogP contribution is -1.70. The lowest BCUT2D eigenvalue weighted by molar-refractivity contribution is 0.555. The van der Waals surface area contributed by atoms with Crippen molar-refractivity contribution in [2.75, 3.05) is 0 Å². The molecular weight excluding hydrogens is 172 g/mol. The second kappa shape index (κ2) is 4.85. The van der Waals surface area contributed by atoms with Crippen molar-refractivity contribution in [3.05, 3.63) is 35.6 Å². The van der Waals surface area contributed by atoms with Crippen LogP contribution in [0.1, 0.15) is 32.1 Å². The van der Waals surface area contributed by atoms with E-state index in [-0.39, 0.29) is 0 Å². The van der Waals surface area contributed by atoms with Crippen molar-refractivity contribution in [3.63, 3.8) is 0 Å². The van der Waals surface area contributed by atoms with Crippen molar-refractivity contribution in [1.82, 2.24) is 0 Å². The molecule has 2 rings (SSSR count). The van der Waals surface area contributed by atoms with Gasteiger partial charge >= 0.3 is 0 Å². The molecule has 0 bridgehead atoms. The quantitative estimate of drug-likeness (QED) is 0.652. The van der Waals surface area contributed by atoms with Crippen LogP contribution in [0, 0.1) is 6.92 Å². The van der Waals surface area contributed by atoms with Crippen molar-refractivity contribution < 1.29 is 4.42 Å². The third kappa shape index (κ3) is 1.98. The van der Waals surface area contributed by atoms with Crippen molar-refractivity contribution in [1.29, 1.82) is 0 Å². The zero-order valence-corrected chi connectivity index (χ0v) is 9.42. The van der Waals surface area contributed by atoms with Gasteiger partial charge in [-0.2, -0.15) is 0 Å². The average molecular weight is 190 g/mol. The molecule has 0 saturated heterocycles. The molecule has 0 spiro atoms. The number of benzene rings is 1. The van der Waals surface area contributed by atoms with Gasteiger partial charge in [0, 0.05) is 11.8 Å². The zero-order valence-electron chi connectivity index (χ0n) is 9.42. The Hall–Kier alpha value is -1.24. The normalized spacial score (nSPS) is 9.71. The molecule has 0 saturated carbocycles. The first-order valence-electron chi connectivity index (χ1n) is 5.29. The number of fused-ring (bicyclic) bond motifs is 1. The first-order chi connectivity index (χ1) is 6.81. The summed E-state index contributed by atoms with van der Waals surface area (Å²) >= 11 is 0. The van der Waals surface area contributed by atoms with E-state index in [2.05, 4.69) is 38.1 Å². The van der Waals surface area contributed by atoms with E-state index in [1.807, 2.05) is 13.8 Å². The van der Waals surface area contributed by atoms with Crippen LogP contribution >= 0.6 is 0 Å². The Morgan fingerprint density at radius 3 is 2.50 bits per heavy atom. The van der Waals surface area contributed by atoms with Crippen LogP contribution in [-0.2, 0) is 6.42 Å². The predicted molar refractivity (Wildman–Crippen MR) is 61.7 cm³/mol. The van der Waals surface area contributed by atoms with Crippen molar-refractivity contribution in [2.45, 2.75) is 34.1 Å². The highest BCUT2D eigenvalue weighted by molar-refractivity contribution is 5.80. The lowest BCUT2D eigenvalue weighted by atomic mass is 10.2. The molecule has 14 heavy (non-hydrogen) atoms. The lowest BCUT2D eigenvalue weighted by Gasteiger charge is -1.91. The van der Waals surface area contributed by atoms with E-state index < -0.39 is 0 Å². The number of hydrogen-bond donors (Lipinski definition) is 0. The second-order valence-electron chi connectivity index (χ2n) is 3.06. The molecule has 0 atom stereocenters. The smallest absolute Gasteiger partial charge is 0.137 e. The summed E-state index contributed by atoms with van der Waals surface area (Å²) in [4.78, 5) is 0. The van der Waals surface area contributed by atoms with E-state index in [9.17, 15) is 0 Å². The van der Waals surface area contributed by atoms with Crippen LogP contribution in [0.25, 0.3) is 11.0 Å². The molecule has 0 aliphatic heterocycles. The molecule has 0 aliphatic rings. The summed E-state index contributed by atoms with van der Waals surface area (Å²) < 4.78 is 5.65. The Bertz CT molecular complexity index is 399. The molecule has 0 unspecified atom stereocenters. The van der Waals surface area contributed by atoms with E-state index in [0.717, 1.165) is 17.8 Å². The Labute approximate surface area is 85.7 Å². The molecular formula is C13H18O. The molecule has 0 N–H and O–H groups in total. The van der Waals surface area contributed by atoms with Gasteiger partial charge in [-0.05, 0) is 18.6 Å². The fourth-order valence-corrected chi connectivity index (χ4v) is 1.44. The van der Waals surface area contributed by atoms with Crippen molar-refractivity contribution in [3.8, 4) is 0 Å². The first kappa shape index (κ1) is 10.8. The maximum absolute atomic E-state index is 5.65. The predicted octanol–water partition coefficient (Wildman–Crippen LogP) is 4.33. The molecule has 2 aromatic rings. The zero-order chi connectivity index (χ0) is 10.6. The third-order valence-electron chi connectivity index (χ3n) is 2.14. The molecule has 0 radical (unpaired) electrons. The van der Waals surface area contributed by atoms with Gasteiger partial charge in [-0.25, -0.2) is 0 Å². The Balaban J connectivity index is 0.000000461. The molecule has 1 nitrogen and oxygen atoms in total. The van der Waals surface area contributed by atoms with Gasteiger partial charge in [0.2, 0.25) is 0 Å². The summed E-state index contributed by atoms with van der Waals surface area (Å²) in [6.45, 7) is 8.18. The number of hydrogen-bond acceptors (Lipinski definition) is 1. The number of rotatable bonds is 1. The fourth-order valence-electron chi connectivity index (χ4n) is 1.44. The summed E-state index contributed by atoms with van der Waals surface area (Å²) in [7, 11) is 0. The van der Waals surface area contributed by atoms with Crippen LogP contribution < -0.4 is 0 Å². The topological polar surface area (TPSA) is 13.1 Å². The van der Waals surface area contributed by atoms with E-state index >= 15 is 0 Å². The van der Waals surface area contributed by atoms with Crippen LogP contribution in [0.15, 0.2) is 28.7 Å². The summed E-state index contributed by atoms with van der Waals surface area (Å²) in [5.41, 5.74) is 2.25. The van der Waals surface area contributed by atoms with Crippen molar-refractivity contribution in [2.24, 2.45) is 0 Å². The Morgan fingerprint density at radius 1 is 1.21 bits per heavy atom. The van der Waals surface area contributed by atoms with E-state index in [1.54, 1.807) is 0 Å². The van der Waals surface area contributed by atoms with Gasteiger partial charge in [0.15, 0.2) is 0 Å². The monoisotopic (exact) mass is 190 g/mol. The van der Waals surface area contributed by atoms with Crippen LogP contribution in [0.5, 0.6) is 0 Å². The Kier molecular flexibility index (Phi) is 3.75. The standard InChI is InChI=1S/C11H12O.C2H6/c1-3-10-7-9-6-4-5-8(2)11(9)12-10;1-2/h4-7H,3H2,1-2H3;1-2H3. The molecule has 1 heterocycles. The minimum Gasteiger partial charge on any atom is -0.461 e. The molecule has 76 valence electrons. The molecule has 0 amide bonds. The van der Waals surface area contributed by atoms with Gasteiger partial charge in [-0.15, -0.1) is 0 Å². The first-order valence-corrected chi connectivity index (χ1v) is 5.29. The van der Waals surface area contributed by atoms with Gasteiger partial charge in [-0.1, -0.05) is 39.0 Å². The summed E-state index contributed by atoms with van der Waals surface area (Å²) in [5.74, 6) is 1.07. The Morgan fingerprint density at radius 2 is 1.93 bits per heavy atom. The summed E-state index contributed by atoms with van der Waals surface area (Å²) in [6, 6.07) is 8.34. The van der Waals surface area contributed by atoms with Crippen LogP contribution in [0.4, 0.5) is 0 Å². The minimum atomic E-state index is 0.966. The second-order valence-corrected chi connectivity index (χ2v) is 3.06. The highest BCUT2D eigenvalue weighted by atomic mass is 16.3.